The molecule has 0 aliphatic carbocycles. The SMILES string of the molecule is CCS(=O)(=O)N(Cc1cccnc1)c1ccc(C=Cc2ccccc2)cc1. The van der Waals surface area contributed by atoms with E-state index in [0.29, 0.717) is 5.69 Å². The summed E-state index contributed by atoms with van der Waals surface area (Å²) in [6, 6.07) is 21.3. The van der Waals surface area contributed by atoms with Crippen LogP contribution >= 0.6 is 0 Å². The maximum absolute atomic E-state index is 12.6. The van der Waals surface area contributed by atoms with Crippen molar-refractivity contribution in [1.29, 1.82) is 0 Å². The summed E-state index contributed by atoms with van der Waals surface area (Å²) in [5, 5.41) is 0. The molecule has 0 saturated heterocycles. The third kappa shape index (κ3) is 5.05. The molecular formula is C22H22N2O2S. The van der Waals surface area contributed by atoms with Crippen molar-refractivity contribution >= 4 is 27.9 Å². The molecule has 0 radical (unpaired) electrons. The number of hydrogen-bond donors (Lipinski definition) is 0. The number of benzene rings is 2. The fourth-order valence-electron chi connectivity index (χ4n) is 2.67. The fourth-order valence-corrected chi connectivity index (χ4v) is 3.77. The van der Waals surface area contributed by atoms with Gasteiger partial charge in [-0.25, -0.2) is 8.42 Å². The first-order valence-electron chi connectivity index (χ1n) is 8.81. The van der Waals surface area contributed by atoms with E-state index in [-0.39, 0.29) is 12.3 Å². The second kappa shape index (κ2) is 8.64. The molecule has 0 atom stereocenters. The Bertz CT molecular complexity index is 984. The predicted octanol–water partition coefficient (Wildman–Crippen LogP) is 4.61. The lowest BCUT2D eigenvalue weighted by atomic mass is 10.1. The summed E-state index contributed by atoms with van der Waals surface area (Å²) in [4.78, 5) is 4.08. The van der Waals surface area contributed by atoms with Crippen LogP contribution in [0, 0.1) is 0 Å². The summed E-state index contributed by atoms with van der Waals surface area (Å²) < 4.78 is 26.6. The van der Waals surface area contributed by atoms with Gasteiger partial charge in [-0.1, -0.05) is 60.7 Å². The van der Waals surface area contributed by atoms with Crippen LogP contribution in [0.2, 0.25) is 0 Å². The minimum absolute atomic E-state index is 0.0446. The Morgan fingerprint density at radius 2 is 1.56 bits per heavy atom. The van der Waals surface area contributed by atoms with E-state index < -0.39 is 10.0 Å². The molecule has 0 spiro atoms. The Morgan fingerprint density at radius 1 is 0.889 bits per heavy atom. The van der Waals surface area contributed by atoms with Crippen LogP contribution in [-0.4, -0.2) is 19.2 Å². The van der Waals surface area contributed by atoms with Crippen molar-refractivity contribution in [3.05, 3.63) is 95.8 Å². The molecule has 0 aliphatic heterocycles. The van der Waals surface area contributed by atoms with E-state index in [1.807, 2.05) is 78.9 Å². The van der Waals surface area contributed by atoms with Crippen LogP contribution in [0.1, 0.15) is 23.6 Å². The second-order valence-corrected chi connectivity index (χ2v) is 8.29. The van der Waals surface area contributed by atoms with Crippen molar-refractivity contribution in [1.82, 2.24) is 4.98 Å². The Kier molecular flexibility index (Phi) is 6.04. The number of pyridine rings is 1. The molecule has 0 saturated carbocycles. The zero-order valence-electron chi connectivity index (χ0n) is 15.2. The van der Waals surface area contributed by atoms with E-state index >= 15 is 0 Å². The van der Waals surface area contributed by atoms with E-state index in [1.165, 1.54) is 4.31 Å². The van der Waals surface area contributed by atoms with Crippen LogP contribution < -0.4 is 4.31 Å². The molecule has 5 heteroatoms. The Hall–Kier alpha value is -2.92. The Morgan fingerprint density at radius 3 is 2.15 bits per heavy atom. The number of aromatic nitrogens is 1. The molecule has 3 rings (SSSR count). The van der Waals surface area contributed by atoms with Crippen molar-refractivity contribution in [3.63, 3.8) is 0 Å². The van der Waals surface area contributed by atoms with Gasteiger partial charge in [-0.2, -0.15) is 0 Å². The number of hydrogen-bond acceptors (Lipinski definition) is 3. The van der Waals surface area contributed by atoms with Crippen LogP contribution in [0.25, 0.3) is 12.2 Å². The standard InChI is InChI=1S/C22H22N2O2S/c1-2-27(25,26)24(18-21-9-6-16-23-17-21)22-14-12-20(13-15-22)11-10-19-7-4-3-5-8-19/h3-17H,2,18H2,1H3. The van der Waals surface area contributed by atoms with Gasteiger partial charge in [-0.05, 0) is 41.8 Å². The Balaban J connectivity index is 1.84. The first-order chi connectivity index (χ1) is 13.1. The van der Waals surface area contributed by atoms with Crippen molar-refractivity contribution in [2.75, 3.05) is 10.1 Å². The van der Waals surface area contributed by atoms with Gasteiger partial charge in [0.1, 0.15) is 0 Å². The van der Waals surface area contributed by atoms with Gasteiger partial charge in [0.05, 0.1) is 18.0 Å². The van der Waals surface area contributed by atoms with Crippen LogP contribution in [0.3, 0.4) is 0 Å². The molecular weight excluding hydrogens is 356 g/mol. The van der Waals surface area contributed by atoms with Gasteiger partial charge >= 0.3 is 0 Å². The van der Waals surface area contributed by atoms with Crippen LogP contribution in [0.5, 0.6) is 0 Å². The monoisotopic (exact) mass is 378 g/mol. The average molecular weight is 378 g/mol. The number of anilines is 1. The van der Waals surface area contributed by atoms with Crippen LogP contribution in [0.4, 0.5) is 5.69 Å². The number of sulfonamides is 1. The molecule has 0 fully saturated rings. The topological polar surface area (TPSA) is 50.3 Å². The predicted molar refractivity (Wildman–Crippen MR) is 112 cm³/mol. The zero-order valence-corrected chi connectivity index (χ0v) is 16.0. The smallest absolute Gasteiger partial charge is 0.235 e. The molecule has 1 heterocycles. The van der Waals surface area contributed by atoms with Crippen molar-refractivity contribution < 1.29 is 8.42 Å². The van der Waals surface area contributed by atoms with Crippen LogP contribution in [0.15, 0.2) is 79.1 Å². The minimum Gasteiger partial charge on any atom is -0.266 e. The molecule has 2 aromatic carbocycles. The first-order valence-corrected chi connectivity index (χ1v) is 10.4. The van der Waals surface area contributed by atoms with Crippen molar-refractivity contribution in [2.45, 2.75) is 13.5 Å². The lowest BCUT2D eigenvalue weighted by Crippen LogP contribution is -2.31. The molecule has 0 aliphatic rings. The lowest BCUT2D eigenvalue weighted by molar-refractivity contribution is 0.591. The fraction of sp³-hybridized carbons (Fsp3) is 0.136. The summed E-state index contributed by atoms with van der Waals surface area (Å²) in [6.07, 6.45) is 7.41. The highest BCUT2D eigenvalue weighted by Gasteiger charge is 2.20. The molecule has 0 unspecified atom stereocenters. The van der Waals surface area contributed by atoms with Gasteiger partial charge in [0.15, 0.2) is 0 Å². The highest BCUT2D eigenvalue weighted by atomic mass is 32.2. The Labute approximate surface area is 160 Å². The minimum atomic E-state index is -3.39. The van der Waals surface area contributed by atoms with E-state index in [4.69, 9.17) is 0 Å². The third-order valence-electron chi connectivity index (χ3n) is 4.20. The van der Waals surface area contributed by atoms with Gasteiger partial charge in [0.2, 0.25) is 10.0 Å². The molecule has 138 valence electrons. The number of rotatable bonds is 7. The third-order valence-corrected chi connectivity index (χ3v) is 5.94. The van der Waals surface area contributed by atoms with Gasteiger partial charge in [-0.3, -0.25) is 9.29 Å². The van der Waals surface area contributed by atoms with Crippen LogP contribution in [-0.2, 0) is 16.6 Å². The maximum Gasteiger partial charge on any atom is 0.235 e. The van der Waals surface area contributed by atoms with Gasteiger partial charge in [0, 0.05) is 12.4 Å². The normalized spacial score (nSPS) is 11.6. The summed E-state index contributed by atoms with van der Waals surface area (Å²) in [5.41, 5.74) is 3.63. The molecule has 0 amide bonds. The summed E-state index contributed by atoms with van der Waals surface area (Å²) in [6.45, 7) is 1.92. The quantitative estimate of drug-likeness (QED) is 0.564. The van der Waals surface area contributed by atoms with E-state index in [1.54, 1.807) is 19.3 Å². The molecule has 3 aromatic rings. The van der Waals surface area contributed by atoms with Gasteiger partial charge < -0.3 is 0 Å². The zero-order chi connectivity index (χ0) is 19.1. The summed E-state index contributed by atoms with van der Waals surface area (Å²) in [5.74, 6) is 0.0446. The van der Waals surface area contributed by atoms with E-state index in [9.17, 15) is 8.42 Å². The largest absolute Gasteiger partial charge is 0.266 e. The van der Waals surface area contributed by atoms with Crippen molar-refractivity contribution in [2.24, 2.45) is 0 Å². The maximum atomic E-state index is 12.6. The average Bonchev–Trinajstić information content (AvgIpc) is 2.72. The van der Waals surface area contributed by atoms with Gasteiger partial charge in [0.25, 0.3) is 0 Å². The molecule has 0 N–H and O–H groups in total. The number of nitrogens with zero attached hydrogens (tertiary/aromatic N) is 2. The molecule has 27 heavy (non-hydrogen) atoms. The highest BCUT2D eigenvalue weighted by Crippen LogP contribution is 2.22. The first kappa shape index (κ1) is 18.9. The van der Waals surface area contributed by atoms with Gasteiger partial charge in [-0.15, -0.1) is 0 Å². The molecule has 4 nitrogen and oxygen atoms in total. The second-order valence-electron chi connectivity index (χ2n) is 6.10. The lowest BCUT2D eigenvalue weighted by Gasteiger charge is -2.24. The summed E-state index contributed by atoms with van der Waals surface area (Å²) >= 11 is 0. The van der Waals surface area contributed by atoms with E-state index in [0.717, 1.165) is 16.7 Å². The molecule has 1 aromatic heterocycles. The highest BCUT2D eigenvalue weighted by molar-refractivity contribution is 7.92. The van der Waals surface area contributed by atoms with Crippen molar-refractivity contribution in [3.8, 4) is 0 Å². The summed E-state index contributed by atoms with van der Waals surface area (Å²) in [7, 11) is -3.39. The molecule has 0 bridgehead atoms. The van der Waals surface area contributed by atoms with E-state index in [2.05, 4.69) is 4.98 Å².